The molecule has 0 fully saturated rings. The van der Waals surface area contributed by atoms with Crippen LogP contribution in [0.25, 0.3) is 0 Å². The van der Waals surface area contributed by atoms with Crippen LogP contribution >= 0.6 is 0 Å². The van der Waals surface area contributed by atoms with Gasteiger partial charge in [-0.05, 0) is 20.3 Å². The summed E-state index contributed by atoms with van der Waals surface area (Å²) in [6.45, 7) is 5.84. The fourth-order valence-electron chi connectivity index (χ4n) is 1.45. The third-order valence-electron chi connectivity index (χ3n) is 2.39. The van der Waals surface area contributed by atoms with Crippen molar-refractivity contribution in [3.63, 3.8) is 0 Å². The molecule has 2 N–H and O–H groups in total. The Balaban J connectivity index is 2.67. The second kappa shape index (κ2) is 5.23. The van der Waals surface area contributed by atoms with Gasteiger partial charge in [-0.3, -0.25) is 0 Å². The molecule has 2 unspecified atom stereocenters. The molecule has 2 atom stereocenters. The van der Waals surface area contributed by atoms with E-state index in [1.165, 1.54) is 6.33 Å². The van der Waals surface area contributed by atoms with E-state index in [0.717, 1.165) is 0 Å². The number of hydrogen-bond acceptors (Lipinski definition) is 4. The highest BCUT2D eigenvalue weighted by molar-refractivity contribution is 4.90. The minimum absolute atomic E-state index is 0.216. The summed E-state index contributed by atoms with van der Waals surface area (Å²) in [6.07, 6.45) is 0.892. The molecule has 1 aromatic rings. The van der Waals surface area contributed by atoms with Crippen LogP contribution in [0.5, 0.6) is 0 Å². The summed E-state index contributed by atoms with van der Waals surface area (Å²) < 4.78 is 1.76. The largest absolute Gasteiger partial charge is 0.390 e. The van der Waals surface area contributed by atoms with E-state index in [9.17, 15) is 10.2 Å². The highest BCUT2D eigenvalue weighted by Gasteiger charge is 2.18. The van der Waals surface area contributed by atoms with Crippen LogP contribution < -0.4 is 0 Å². The van der Waals surface area contributed by atoms with Crippen molar-refractivity contribution >= 4 is 0 Å². The molecule has 0 spiro atoms. The van der Waals surface area contributed by atoms with E-state index in [1.54, 1.807) is 4.68 Å². The maximum Gasteiger partial charge on any atom is 0.138 e. The number of hydrogen-bond donors (Lipinski definition) is 2. The minimum atomic E-state index is -0.767. The minimum Gasteiger partial charge on any atom is -0.390 e. The van der Waals surface area contributed by atoms with E-state index < -0.39 is 12.2 Å². The molecular formula is C10H19N3O2. The molecule has 1 heterocycles. The van der Waals surface area contributed by atoms with Crippen molar-refractivity contribution in [2.24, 2.45) is 0 Å². The third kappa shape index (κ3) is 3.00. The summed E-state index contributed by atoms with van der Waals surface area (Å²) in [7, 11) is 0. The van der Waals surface area contributed by atoms with Crippen molar-refractivity contribution in [3.8, 4) is 0 Å². The van der Waals surface area contributed by atoms with Gasteiger partial charge in [0.15, 0.2) is 0 Å². The normalized spacial score (nSPS) is 15.6. The maximum absolute atomic E-state index is 9.66. The topological polar surface area (TPSA) is 71.2 Å². The van der Waals surface area contributed by atoms with Crippen molar-refractivity contribution in [1.29, 1.82) is 0 Å². The van der Waals surface area contributed by atoms with E-state index in [-0.39, 0.29) is 6.04 Å². The first kappa shape index (κ1) is 12.1. The second-order valence-corrected chi connectivity index (χ2v) is 3.96. The summed E-state index contributed by atoms with van der Waals surface area (Å²) in [5, 5.41) is 23.2. The molecule has 5 heteroatoms. The van der Waals surface area contributed by atoms with Crippen LogP contribution in [-0.4, -0.2) is 37.2 Å². The molecule has 1 rings (SSSR count). The van der Waals surface area contributed by atoms with E-state index >= 15 is 0 Å². The van der Waals surface area contributed by atoms with Gasteiger partial charge in [-0.2, -0.15) is 5.10 Å². The molecule has 1 aromatic heterocycles. The molecule has 0 aliphatic heterocycles. The van der Waals surface area contributed by atoms with E-state index in [1.807, 2.05) is 20.8 Å². The fraction of sp³-hybridized carbons (Fsp3) is 0.800. The molecule has 0 aliphatic rings. The average Bonchev–Trinajstić information content (AvgIpc) is 2.64. The Morgan fingerprint density at radius 1 is 1.33 bits per heavy atom. The monoisotopic (exact) mass is 213 g/mol. The Labute approximate surface area is 89.8 Å². The lowest BCUT2D eigenvalue weighted by Gasteiger charge is -2.16. The molecule has 0 radical (unpaired) electrons. The number of rotatable bonds is 5. The molecule has 0 saturated carbocycles. The Morgan fingerprint density at radius 3 is 2.53 bits per heavy atom. The number of aliphatic hydroxyl groups excluding tert-OH is 2. The van der Waals surface area contributed by atoms with Gasteiger partial charge in [-0.25, -0.2) is 9.67 Å². The van der Waals surface area contributed by atoms with Gasteiger partial charge in [0.2, 0.25) is 0 Å². The number of nitrogens with zero attached hydrogens (tertiary/aromatic N) is 3. The first-order valence-corrected chi connectivity index (χ1v) is 5.30. The molecule has 5 nitrogen and oxygen atoms in total. The van der Waals surface area contributed by atoms with Gasteiger partial charge in [-0.15, -0.1) is 0 Å². The average molecular weight is 213 g/mol. The van der Waals surface area contributed by atoms with Crippen molar-refractivity contribution in [2.45, 2.75) is 51.9 Å². The lowest BCUT2D eigenvalue weighted by Crippen LogP contribution is -2.28. The molecule has 86 valence electrons. The molecule has 0 aliphatic carbocycles. The lowest BCUT2D eigenvalue weighted by molar-refractivity contribution is 0.0163. The van der Waals surface area contributed by atoms with Crippen LogP contribution in [0.15, 0.2) is 6.33 Å². The number of aromatic nitrogens is 3. The highest BCUT2D eigenvalue weighted by atomic mass is 16.3. The summed E-state index contributed by atoms with van der Waals surface area (Å²) >= 11 is 0. The summed E-state index contributed by atoms with van der Waals surface area (Å²) in [4.78, 5) is 4.07. The van der Waals surface area contributed by atoms with Gasteiger partial charge in [-0.1, -0.05) is 6.92 Å². The Bertz CT molecular complexity index is 299. The van der Waals surface area contributed by atoms with Gasteiger partial charge in [0.25, 0.3) is 0 Å². The predicted molar refractivity (Wildman–Crippen MR) is 56.4 cm³/mol. The smallest absolute Gasteiger partial charge is 0.138 e. The Kier molecular flexibility index (Phi) is 4.23. The number of aliphatic hydroxyl groups is 2. The molecule has 0 amide bonds. The van der Waals surface area contributed by atoms with Gasteiger partial charge >= 0.3 is 0 Å². The van der Waals surface area contributed by atoms with Gasteiger partial charge in [0.05, 0.1) is 12.2 Å². The van der Waals surface area contributed by atoms with Crippen LogP contribution in [0.3, 0.4) is 0 Å². The molecule has 0 bridgehead atoms. The van der Waals surface area contributed by atoms with Crippen molar-refractivity contribution in [3.05, 3.63) is 12.2 Å². The van der Waals surface area contributed by atoms with E-state index in [0.29, 0.717) is 18.7 Å². The predicted octanol–water partition coefficient (Wildman–Crippen LogP) is 0.533. The van der Waals surface area contributed by atoms with Gasteiger partial charge in [0.1, 0.15) is 12.2 Å². The zero-order valence-electron chi connectivity index (χ0n) is 9.46. The van der Waals surface area contributed by atoms with Crippen LogP contribution in [-0.2, 0) is 6.42 Å². The SMILES string of the molecule is CCC(O)C(O)Cc1ncnn1C(C)C. The molecule has 15 heavy (non-hydrogen) atoms. The van der Waals surface area contributed by atoms with Gasteiger partial charge < -0.3 is 10.2 Å². The second-order valence-electron chi connectivity index (χ2n) is 3.96. The van der Waals surface area contributed by atoms with Gasteiger partial charge in [0, 0.05) is 12.5 Å². The van der Waals surface area contributed by atoms with Crippen LogP contribution in [0.4, 0.5) is 0 Å². The maximum atomic E-state index is 9.66. The molecule has 0 aromatic carbocycles. The Hall–Kier alpha value is -0.940. The van der Waals surface area contributed by atoms with Crippen LogP contribution in [0, 0.1) is 0 Å². The van der Waals surface area contributed by atoms with Crippen molar-refractivity contribution < 1.29 is 10.2 Å². The summed E-state index contributed by atoms with van der Waals surface area (Å²) in [5.41, 5.74) is 0. The quantitative estimate of drug-likeness (QED) is 0.748. The van der Waals surface area contributed by atoms with Crippen molar-refractivity contribution in [1.82, 2.24) is 14.8 Å². The summed E-state index contributed by atoms with van der Waals surface area (Å²) in [6, 6.07) is 0.216. The van der Waals surface area contributed by atoms with Crippen LogP contribution in [0.2, 0.25) is 0 Å². The fourth-order valence-corrected chi connectivity index (χ4v) is 1.45. The zero-order chi connectivity index (χ0) is 11.4. The first-order chi connectivity index (χ1) is 7.06. The van der Waals surface area contributed by atoms with Crippen LogP contribution in [0.1, 0.15) is 39.1 Å². The Morgan fingerprint density at radius 2 is 2.00 bits per heavy atom. The van der Waals surface area contributed by atoms with Crippen molar-refractivity contribution in [2.75, 3.05) is 0 Å². The molecular weight excluding hydrogens is 194 g/mol. The molecule has 0 saturated heterocycles. The van der Waals surface area contributed by atoms with E-state index in [2.05, 4.69) is 10.1 Å². The third-order valence-corrected chi connectivity index (χ3v) is 2.39. The van der Waals surface area contributed by atoms with E-state index in [4.69, 9.17) is 0 Å². The summed E-state index contributed by atoms with van der Waals surface area (Å²) in [5.74, 6) is 0.713. The first-order valence-electron chi connectivity index (χ1n) is 5.30. The highest BCUT2D eigenvalue weighted by Crippen LogP contribution is 2.10. The standard InChI is InChI=1S/C10H19N3O2/c1-4-8(14)9(15)5-10-11-6-12-13(10)7(2)3/h6-9,14-15H,4-5H2,1-3H3. The zero-order valence-corrected chi connectivity index (χ0v) is 9.46. The lowest BCUT2D eigenvalue weighted by atomic mass is 10.1.